The molecule has 0 saturated carbocycles. The van der Waals surface area contributed by atoms with Gasteiger partial charge in [-0.05, 0) is 22.5 Å². The second-order valence-electron chi connectivity index (χ2n) is 7.31. The van der Waals surface area contributed by atoms with Crippen molar-refractivity contribution in [3.8, 4) is 16.3 Å². The van der Waals surface area contributed by atoms with Gasteiger partial charge in [-0.2, -0.15) is 4.40 Å². The van der Waals surface area contributed by atoms with E-state index in [2.05, 4.69) is 4.98 Å². The molecule has 6 nitrogen and oxygen atoms in total. The SMILES string of the molecule is Cn1ccnc1SC(C(=O)Oc1c(-c2ccccc2)sc2n1cc[n+]2C)c1ccccc1.[Br-]. The van der Waals surface area contributed by atoms with Gasteiger partial charge in [0.25, 0.3) is 0 Å². The molecule has 168 valence electrons. The maximum atomic E-state index is 13.6. The Bertz CT molecular complexity index is 1380. The number of hydrogen-bond donors (Lipinski definition) is 0. The van der Waals surface area contributed by atoms with Gasteiger partial charge in [-0.25, -0.2) is 14.3 Å². The number of thiazole rings is 1. The molecule has 0 aliphatic heterocycles. The summed E-state index contributed by atoms with van der Waals surface area (Å²) in [5.41, 5.74) is 1.88. The van der Waals surface area contributed by atoms with E-state index in [1.807, 2.05) is 107 Å². The van der Waals surface area contributed by atoms with Gasteiger partial charge in [-0.15, -0.1) is 0 Å². The number of esters is 1. The minimum absolute atomic E-state index is 0. The fraction of sp³-hybridized carbons (Fsp3) is 0.125. The third kappa shape index (κ3) is 4.62. The molecule has 0 aliphatic carbocycles. The summed E-state index contributed by atoms with van der Waals surface area (Å²) < 4.78 is 12.0. The number of aryl methyl sites for hydroxylation is 2. The van der Waals surface area contributed by atoms with Crippen LogP contribution in [0, 0.1) is 0 Å². The lowest BCUT2D eigenvalue weighted by Gasteiger charge is -2.15. The zero-order valence-electron chi connectivity index (χ0n) is 18.0. The Kier molecular flexibility index (Phi) is 7.02. The molecule has 0 spiro atoms. The van der Waals surface area contributed by atoms with Crippen LogP contribution in [-0.2, 0) is 18.9 Å². The van der Waals surface area contributed by atoms with E-state index in [9.17, 15) is 4.79 Å². The lowest BCUT2D eigenvalue weighted by molar-refractivity contribution is -0.642. The van der Waals surface area contributed by atoms with Crippen molar-refractivity contribution in [1.82, 2.24) is 14.0 Å². The molecule has 1 unspecified atom stereocenters. The van der Waals surface area contributed by atoms with Gasteiger partial charge in [-0.3, -0.25) is 0 Å². The molecule has 0 bridgehead atoms. The van der Waals surface area contributed by atoms with Crippen LogP contribution < -0.4 is 26.3 Å². The summed E-state index contributed by atoms with van der Waals surface area (Å²) in [5.74, 6) is 0.195. The molecule has 5 aromatic rings. The van der Waals surface area contributed by atoms with Crippen LogP contribution in [-0.4, -0.2) is 19.9 Å². The van der Waals surface area contributed by atoms with E-state index in [0.29, 0.717) is 5.88 Å². The van der Waals surface area contributed by atoms with Gasteiger partial charge >= 0.3 is 16.8 Å². The molecule has 1 atom stereocenters. The lowest BCUT2D eigenvalue weighted by atomic mass is 10.1. The predicted octanol–water partition coefficient (Wildman–Crippen LogP) is 1.67. The molecule has 3 aromatic heterocycles. The average molecular weight is 541 g/mol. The van der Waals surface area contributed by atoms with Gasteiger partial charge in [0.05, 0.1) is 7.05 Å². The smallest absolute Gasteiger partial charge is 0.349 e. The Morgan fingerprint density at radius 3 is 2.45 bits per heavy atom. The molecule has 0 N–H and O–H groups in total. The Labute approximate surface area is 210 Å². The molecule has 0 radical (unpaired) electrons. The van der Waals surface area contributed by atoms with E-state index in [4.69, 9.17) is 4.74 Å². The van der Waals surface area contributed by atoms with Crippen molar-refractivity contribution in [3.63, 3.8) is 0 Å². The van der Waals surface area contributed by atoms with Crippen LogP contribution in [0.3, 0.4) is 0 Å². The van der Waals surface area contributed by atoms with E-state index >= 15 is 0 Å². The van der Waals surface area contributed by atoms with E-state index in [-0.39, 0.29) is 23.0 Å². The predicted molar refractivity (Wildman–Crippen MR) is 126 cm³/mol. The summed E-state index contributed by atoms with van der Waals surface area (Å²) in [7, 11) is 3.90. The van der Waals surface area contributed by atoms with Crippen LogP contribution in [0.15, 0.2) is 90.6 Å². The van der Waals surface area contributed by atoms with Crippen molar-refractivity contribution >= 4 is 34.0 Å². The number of carbonyl (C=O) groups excluding carboxylic acids is 1. The number of nitrogens with zero attached hydrogens (tertiary/aromatic N) is 4. The third-order valence-electron chi connectivity index (χ3n) is 5.10. The van der Waals surface area contributed by atoms with Crippen LogP contribution >= 0.6 is 23.1 Å². The number of fused-ring (bicyclic) bond motifs is 1. The molecule has 2 aromatic carbocycles. The molecule has 9 heteroatoms. The first-order valence-electron chi connectivity index (χ1n) is 10.1. The Morgan fingerprint density at radius 2 is 1.79 bits per heavy atom. The highest BCUT2D eigenvalue weighted by molar-refractivity contribution is 8.00. The highest BCUT2D eigenvalue weighted by Crippen LogP contribution is 2.40. The third-order valence-corrected chi connectivity index (χ3v) is 7.69. The molecule has 3 heterocycles. The fourth-order valence-corrected chi connectivity index (χ4v) is 5.56. The van der Waals surface area contributed by atoms with Gasteiger partial charge in [0, 0.05) is 19.4 Å². The first-order chi connectivity index (χ1) is 15.6. The maximum absolute atomic E-state index is 13.6. The molecule has 0 saturated heterocycles. The summed E-state index contributed by atoms with van der Waals surface area (Å²) in [6.07, 6.45) is 7.47. The van der Waals surface area contributed by atoms with Crippen LogP contribution in [0.5, 0.6) is 5.88 Å². The van der Waals surface area contributed by atoms with E-state index < -0.39 is 5.25 Å². The number of benzene rings is 2. The van der Waals surface area contributed by atoms with Crippen molar-refractivity contribution < 1.29 is 31.1 Å². The summed E-state index contributed by atoms with van der Waals surface area (Å²) in [6.45, 7) is 0. The summed E-state index contributed by atoms with van der Waals surface area (Å²) in [4.78, 5) is 19.9. The zero-order valence-corrected chi connectivity index (χ0v) is 21.2. The zero-order chi connectivity index (χ0) is 22.1. The number of rotatable bonds is 6. The second kappa shape index (κ2) is 9.94. The first kappa shape index (κ1) is 23.3. The van der Waals surface area contributed by atoms with Crippen molar-refractivity contribution in [2.45, 2.75) is 10.4 Å². The topological polar surface area (TPSA) is 52.4 Å². The number of ether oxygens (including phenoxy) is 1. The molecular formula is C24H21BrN4O2S2. The number of halogens is 1. The second-order valence-corrected chi connectivity index (χ2v) is 9.36. The number of carbonyl (C=O) groups is 1. The van der Waals surface area contributed by atoms with Crippen molar-refractivity contribution in [2.75, 3.05) is 0 Å². The molecule has 0 amide bonds. The molecule has 0 fully saturated rings. The molecule has 5 rings (SSSR count). The largest absolute Gasteiger partial charge is 1.00 e. The standard InChI is InChI=1S/C24H21N4O2S2.BrH/c1-26-14-13-25-23(26)31-20(18-11-7-4-8-12-18)22(29)30-21-19(17-9-5-3-6-10-17)32-24-27(2)15-16-28(21)24;/h3-16,20H,1-2H3;1H/q+1;/p-1. The van der Waals surface area contributed by atoms with Crippen molar-refractivity contribution in [2.24, 2.45) is 14.1 Å². The number of aromatic nitrogens is 4. The Morgan fingerprint density at radius 1 is 1.09 bits per heavy atom. The van der Waals surface area contributed by atoms with E-state index in [1.54, 1.807) is 17.5 Å². The van der Waals surface area contributed by atoms with Gasteiger partial charge < -0.3 is 26.3 Å². The van der Waals surface area contributed by atoms with Gasteiger partial charge in [-0.1, -0.05) is 72.4 Å². The molecular weight excluding hydrogens is 520 g/mol. The van der Waals surface area contributed by atoms with Crippen molar-refractivity contribution in [1.29, 1.82) is 0 Å². The van der Waals surface area contributed by atoms with Crippen LogP contribution in [0.4, 0.5) is 0 Å². The molecule has 33 heavy (non-hydrogen) atoms. The van der Waals surface area contributed by atoms with Gasteiger partial charge in [0.1, 0.15) is 22.5 Å². The van der Waals surface area contributed by atoms with Crippen molar-refractivity contribution in [3.05, 3.63) is 91.0 Å². The average Bonchev–Trinajstić information content (AvgIpc) is 3.50. The summed E-state index contributed by atoms with van der Waals surface area (Å²) in [6, 6.07) is 19.7. The van der Waals surface area contributed by atoms with Gasteiger partial charge in [0.15, 0.2) is 5.16 Å². The van der Waals surface area contributed by atoms with Gasteiger partial charge in [0.2, 0.25) is 0 Å². The number of thioether (sulfide) groups is 1. The maximum Gasteiger partial charge on any atom is 0.349 e. The highest BCUT2D eigenvalue weighted by Gasteiger charge is 2.31. The van der Waals surface area contributed by atoms with E-state index in [0.717, 1.165) is 26.1 Å². The Balaban J connectivity index is 0.00000259. The highest BCUT2D eigenvalue weighted by atomic mass is 79.9. The Hall–Kier alpha value is -2.88. The van der Waals surface area contributed by atoms with Crippen LogP contribution in [0.1, 0.15) is 10.8 Å². The summed E-state index contributed by atoms with van der Waals surface area (Å²) in [5, 5.41) is 0.196. The quantitative estimate of drug-likeness (QED) is 0.187. The molecule has 0 aliphatic rings. The fourth-order valence-electron chi connectivity index (χ4n) is 3.45. The van der Waals surface area contributed by atoms with Crippen LogP contribution in [0.25, 0.3) is 15.4 Å². The van der Waals surface area contributed by atoms with Crippen LogP contribution in [0.2, 0.25) is 0 Å². The first-order valence-corrected chi connectivity index (χ1v) is 11.8. The normalized spacial score (nSPS) is 11.8. The van der Waals surface area contributed by atoms with E-state index in [1.165, 1.54) is 11.8 Å². The minimum Gasteiger partial charge on any atom is -1.00 e. The minimum atomic E-state index is -0.555. The number of hydrogen-bond acceptors (Lipinski definition) is 5. The number of imidazole rings is 2. The summed E-state index contributed by atoms with van der Waals surface area (Å²) >= 11 is 2.98. The monoisotopic (exact) mass is 540 g/mol. The lowest BCUT2D eigenvalue weighted by Crippen LogP contribution is -3.00.